The number of aryl methyl sites for hydroxylation is 1. The van der Waals surface area contributed by atoms with E-state index in [9.17, 15) is 0 Å². The Kier molecular flexibility index (Phi) is 5.60. The fourth-order valence-corrected chi connectivity index (χ4v) is 4.18. The van der Waals surface area contributed by atoms with Crippen LogP contribution in [-0.2, 0) is 6.42 Å². The van der Waals surface area contributed by atoms with Crippen molar-refractivity contribution in [2.24, 2.45) is 0 Å². The monoisotopic (exact) mass is 408 g/mol. The van der Waals surface area contributed by atoms with Gasteiger partial charge in [-0.1, -0.05) is 43.6 Å². The van der Waals surface area contributed by atoms with Gasteiger partial charge in [0, 0.05) is 16.7 Å². The van der Waals surface area contributed by atoms with Gasteiger partial charge in [0.05, 0.1) is 16.4 Å². The molecule has 2 aromatic heterocycles. The van der Waals surface area contributed by atoms with Crippen molar-refractivity contribution in [3.63, 3.8) is 0 Å². The second kappa shape index (κ2) is 8.29. The van der Waals surface area contributed by atoms with E-state index in [-0.39, 0.29) is 0 Å². The van der Waals surface area contributed by atoms with Gasteiger partial charge in [-0.3, -0.25) is 4.40 Å². The number of pyridine rings is 1. The van der Waals surface area contributed by atoms with E-state index in [4.69, 9.17) is 21.3 Å². The number of hydrogen-bond donors (Lipinski definition) is 0. The minimum atomic E-state index is 0.654. The molecule has 3 nitrogen and oxygen atoms in total. The van der Waals surface area contributed by atoms with Crippen molar-refractivity contribution in [2.75, 3.05) is 5.75 Å². The lowest BCUT2D eigenvalue weighted by molar-refractivity contribution is 0.481. The zero-order valence-corrected chi connectivity index (χ0v) is 17.4. The SMILES string of the molecule is CCSc1cccc(Oc2cccc(-c3c(CC)nc4c(Cl)cccn34)c2)c1. The molecule has 5 heteroatoms. The number of thioether (sulfide) groups is 1. The molecule has 0 N–H and O–H groups in total. The number of rotatable bonds is 6. The summed E-state index contributed by atoms with van der Waals surface area (Å²) < 4.78 is 8.20. The first-order valence-electron chi connectivity index (χ1n) is 9.36. The molecular weight excluding hydrogens is 388 g/mol. The third-order valence-corrected chi connectivity index (χ3v) is 5.64. The summed E-state index contributed by atoms with van der Waals surface area (Å²) in [5, 5.41) is 0.654. The van der Waals surface area contributed by atoms with E-state index in [0.717, 1.165) is 46.3 Å². The number of benzene rings is 2. The molecule has 4 aromatic rings. The van der Waals surface area contributed by atoms with E-state index in [1.807, 2.05) is 42.6 Å². The van der Waals surface area contributed by atoms with Crippen LogP contribution in [0, 0.1) is 0 Å². The Hall–Kier alpha value is -2.43. The highest BCUT2D eigenvalue weighted by Gasteiger charge is 2.15. The first-order valence-corrected chi connectivity index (χ1v) is 10.7. The topological polar surface area (TPSA) is 26.5 Å². The number of halogens is 1. The summed E-state index contributed by atoms with van der Waals surface area (Å²) in [4.78, 5) is 5.95. The number of aromatic nitrogens is 2. The third-order valence-electron chi connectivity index (χ3n) is 4.47. The Morgan fingerprint density at radius 1 is 1.00 bits per heavy atom. The van der Waals surface area contributed by atoms with Crippen LogP contribution in [0.5, 0.6) is 11.5 Å². The van der Waals surface area contributed by atoms with Gasteiger partial charge in [0.25, 0.3) is 0 Å². The van der Waals surface area contributed by atoms with Gasteiger partial charge in [-0.05, 0) is 54.6 Å². The van der Waals surface area contributed by atoms with E-state index < -0.39 is 0 Å². The van der Waals surface area contributed by atoms with Crippen molar-refractivity contribution in [1.29, 1.82) is 0 Å². The molecule has 0 bridgehead atoms. The zero-order valence-electron chi connectivity index (χ0n) is 15.9. The molecule has 2 heterocycles. The van der Waals surface area contributed by atoms with Crippen molar-refractivity contribution in [3.05, 3.63) is 77.6 Å². The molecule has 142 valence electrons. The quantitative estimate of drug-likeness (QED) is 0.317. The number of imidazole rings is 1. The maximum Gasteiger partial charge on any atom is 0.156 e. The third kappa shape index (κ3) is 3.75. The molecule has 0 spiro atoms. The highest BCUT2D eigenvalue weighted by Crippen LogP contribution is 2.33. The fourth-order valence-electron chi connectivity index (χ4n) is 3.27. The average molecular weight is 409 g/mol. The minimum absolute atomic E-state index is 0.654. The summed E-state index contributed by atoms with van der Waals surface area (Å²) in [5.41, 5.74) is 3.92. The summed E-state index contributed by atoms with van der Waals surface area (Å²) >= 11 is 8.16. The average Bonchev–Trinajstić information content (AvgIpc) is 3.09. The number of nitrogens with zero attached hydrogens (tertiary/aromatic N) is 2. The fraction of sp³-hybridized carbons (Fsp3) is 0.174. The lowest BCUT2D eigenvalue weighted by atomic mass is 10.1. The predicted molar refractivity (Wildman–Crippen MR) is 118 cm³/mol. The Labute approximate surface area is 174 Å². The number of hydrogen-bond acceptors (Lipinski definition) is 3. The van der Waals surface area contributed by atoms with E-state index in [1.165, 1.54) is 4.90 Å². The first kappa shape index (κ1) is 18.9. The summed E-state index contributed by atoms with van der Waals surface area (Å²) in [5.74, 6) is 2.68. The maximum absolute atomic E-state index is 6.36. The van der Waals surface area contributed by atoms with Crippen LogP contribution in [0.4, 0.5) is 0 Å². The van der Waals surface area contributed by atoms with Gasteiger partial charge in [0.2, 0.25) is 0 Å². The van der Waals surface area contributed by atoms with Crippen molar-refractivity contribution in [3.8, 4) is 22.8 Å². The van der Waals surface area contributed by atoms with Crippen LogP contribution >= 0.6 is 23.4 Å². The van der Waals surface area contributed by atoms with Crippen LogP contribution in [-0.4, -0.2) is 15.1 Å². The van der Waals surface area contributed by atoms with Gasteiger partial charge in [-0.15, -0.1) is 11.8 Å². The maximum atomic E-state index is 6.36. The molecule has 4 rings (SSSR count). The van der Waals surface area contributed by atoms with E-state index in [0.29, 0.717) is 5.02 Å². The summed E-state index contributed by atoms with van der Waals surface area (Å²) in [6, 6.07) is 20.1. The normalized spacial score (nSPS) is 11.1. The predicted octanol–water partition coefficient (Wildman–Crippen LogP) is 7.12. The zero-order chi connectivity index (χ0) is 19.5. The van der Waals surface area contributed by atoms with E-state index >= 15 is 0 Å². The van der Waals surface area contributed by atoms with Crippen LogP contribution in [0.15, 0.2) is 71.8 Å². The molecular formula is C23H21ClN2OS. The van der Waals surface area contributed by atoms with Crippen molar-refractivity contribution in [2.45, 2.75) is 25.2 Å². The first-order chi connectivity index (χ1) is 13.7. The van der Waals surface area contributed by atoms with Crippen molar-refractivity contribution < 1.29 is 4.74 Å². The summed E-state index contributed by atoms with van der Waals surface area (Å²) in [6.07, 6.45) is 2.83. The van der Waals surface area contributed by atoms with Crippen molar-refractivity contribution >= 4 is 29.0 Å². The van der Waals surface area contributed by atoms with Gasteiger partial charge in [0.1, 0.15) is 11.5 Å². The Balaban J connectivity index is 1.73. The van der Waals surface area contributed by atoms with Crippen LogP contribution in [0.3, 0.4) is 0 Å². The second-order valence-corrected chi connectivity index (χ2v) is 8.09. The van der Waals surface area contributed by atoms with E-state index in [2.05, 4.69) is 42.5 Å². The van der Waals surface area contributed by atoms with E-state index in [1.54, 1.807) is 11.8 Å². The van der Waals surface area contributed by atoms with Gasteiger partial charge < -0.3 is 4.74 Å². The molecule has 0 radical (unpaired) electrons. The molecule has 28 heavy (non-hydrogen) atoms. The van der Waals surface area contributed by atoms with Gasteiger partial charge in [-0.25, -0.2) is 4.98 Å². The van der Waals surface area contributed by atoms with Crippen LogP contribution in [0.2, 0.25) is 5.02 Å². The smallest absolute Gasteiger partial charge is 0.156 e. The molecule has 0 fully saturated rings. The van der Waals surface area contributed by atoms with Crippen LogP contribution < -0.4 is 4.74 Å². The molecule has 2 aromatic carbocycles. The van der Waals surface area contributed by atoms with Crippen molar-refractivity contribution in [1.82, 2.24) is 9.38 Å². The second-order valence-electron chi connectivity index (χ2n) is 6.35. The Morgan fingerprint density at radius 2 is 1.79 bits per heavy atom. The van der Waals surface area contributed by atoms with Gasteiger partial charge in [0.15, 0.2) is 5.65 Å². The lowest BCUT2D eigenvalue weighted by Gasteiger charge is -2.10. The molecule has 0 aliphatic rings. The molecule has 0 unspecified atom stereocenters. The lowest BCUT2D eigenvalue weighted by Crippen LogP contribution is -1.92. The largest absolute Gasteiger partial charge is 0.457 e. The highest BCUT2D eigenvalue weighted by molar-refractivity contribution is 7.99. The van der Waals surface area contributed by atoms with Gasteiger partial charge in [-0.2, -0.15) is 0 Å². The van der Waals surface area contributed by atoms with Gasteiger partial charge >= 0.3 is 0 Å². The molecule has 0 atom stereocenters. The van der Waals surface area contributed by atoms with Crippen LogP contribution in [0.25, 0.3) is 16.9 Å². The van der Waals surface area contributed by atoms with Crippen LogP contribution in [0.1, 0.15) is 19.5 Å². The molecule has 0 saturated heterocycles. The molecule has 0 aliphatic heterocycles. The molecule has 0 saturated carbocycles. The minimum Gasteiger partial charge on any atom is -0.457 e. The summed E-state index contributed by atoms with van der Waals surface area (Å²) in [7, 11) is 0. The molecule has 0 aliphatic carbocycles. The Bertz CT molecular complexity index is 1120. The Morgan fingerprint density at radius 3 is 2.57 bits per heavy atom. The number of fused-ring (bicyclic) bond motifs is 1. The number of ether oxygens (including phenoxy) is 1. The standard InChI is InChI=1S/C23H21ClN2OS/c1-3-21-22(26-13-7-12-20(24)23(26)25-21)16-8-5-9-17(14-16)27-18-10-6-11-19(15-18)28-4-2/h5-15H,3-4H2,1-2H3. The molecule has 0 amide bonds. The highest BCUT2D eigenvalue weighted by atomic mass is 35.5. The summed E-state index contributed by atoms with van der Waals surface area (Å²) in [6.45, 7) is 4.26.